The second-order valence-electron chi connectivity index (χ2n) is 7.09. The largest absolute Gasteiger partial charge is 0.497 e. The maximum atomic E-state index is 13.0. The maximum Gasteiger partial charge on any atom is 0.230 e. The Morgan fingerprint density at radius 3 is 2.96 bits per heavy atom. The van der Waals surface area contributed by atoms with E-state index >= 15 is 0 Å². The van der Waals surface area contributed by atoms with Crippen molar-refractivity contribution in [3.63, 3.8) is 0 Å². The quantitative estimate of drug-likeness (QED) is 0.836. The van der Waals surface area contributed by atoms with Crippen LogP contribution in [0, 0.1) is 0 Å². The number of ether oxygens (including phenoxy) is 1. The van der Waals surface area contributed by atoms with Crippen LogP contribution in [0.15, 0.2) is 22.7 Å². The molecular formula is C19H22N4O4. The van der Waals surface area contributed by atoms with Crippen molar-refractivity contribution in [3.8, 4) is 5.75 Å². The van der Waals surface area contributed by atoms with Crippen molar-refractivity contribution < 1.29 is 18.8 Å². The smallest absolute Gasteiger partial charge is 0.230 e. The fraction of sp³-hybridized carbons (Fsp3) is 0.474. The summed E-state index contributed by atoms with van der Waals surface area (Å²) >= 11 is 0. The Hall–Kier alpha value is -2.90. The van der Waals surface area contributed by atoms with Crippen molar-refractivity contribution in [1.82, 2.24) is 15.0 Å². The number of benzene rings is 1. The predicted octanol–water partition coefficient (Wildman–Crippen LogP) is 2.08. The van der Waals surface area contributed by atoms with Crippen LogP contribution >= 0.6 is 0 Å². The van der Waals surface area contributed by atoms with E-state index in [0.717, 1.165) is 18.4 Å². The standard InChI is InChI=1S/C19H22N4O4/c1-23(8-7-16-21-18(27-22-16)11-3-4-11)19(25)14-10-17(24)20-15-6-5-12(26-2)9-13(14)15/h5-6,9,11,14H,3-4,7-8,10H2,1-2H3,(H,20,24)/t14-/m0/s1. The minimum atomic E-state index is -0.527. The van der Waals surface area contributed by atoms with Gasteiger partial charge in [-0.25, -0.2) is 0 Å². The van der Waals surface area contributed by atoms with Gasteiger partial charge < -0.3 is 19.5 Å². The van der Waals surface area contributed by atoms with Crippen LogP contribution in [0.4, 0.5) is 5.69 Å². The Bertz CT molecular complexity index is 874. The highest BCUT2D eigenvalue weighted by Crippen LogP contribution is 2.39. The first kappa shape index (κ1) is 17.5. The van der Waals surface area contributed by atoms with Gasteiger partial charge in [0.05, 0.1) is 13.0 Å². The summed E-state index contributed by atoms with van der Waals surface area (Å²) in [6.45, 7) is 0.458. The highest BCUT2D eigenvalue weighted by atomic mass is 16.5. The predicted molar refractivity (Wildman–Crippen MR) is 96.6 cm³/mol. The van der Waals surface area contributed by atoms with Crippen LogP contribution in [0.1, 0.15) is 48.4 Å². The Morgan fingerprint density at radius 2 is 2.22 bits per heavy atom. The zero-order valence-electron chi connectivity index (χ0n) is 15.4. The third-order valence-electron chi connectivity index (χ3n) is 5.05. The number of fused-ring (bicyclic) bond motifs is 1. The number of carbonyl (C=O) groups is 2. The number of methoxy groups -OCH3 is 1. The van der Waals surface area contributed by atoms with Gasteiger partial charge in [0, 0.05) is 38.0 Å². The topological polar surface area (TPSA) is 97.6 Å². The summed E-state index contributed by atoms with van der Waals surface area (Å²) in [5.74, 6) is 1.59. The number of hydrogen-bond acceptors (Lipinski definition) is 6. The van der Waals surface area contributed by atoms with Gasteiger partial charge in [0.1, 0.15) is 5.75 Å². The first-order valence-corrected chi connectivity index (χ1v) is 9.10. The highest BCUT2D eigenvalue weighted by molar-refractivity contribution is 6.01. The third-order valence-corrected chi connectivity index (χ3v) is 5.05. The minimum absolute atomic E-state index is 0.106. The number of likely N-dealkylation sites (N-methyl/N-ethyl adjacent to an activating group) is 1. The molecule has 4 rings (SSSR count). The molecule has 1 N–H and O–H groups in total. The van der Waals surface area contributed by atoms with Gasteiger partial charge in [0.15, 0.2) is 5.82 Å². The SMILES string of the molecule is COc1ccc2c(c1)[C@@H](C(=O)N(C)CCc1noc(C3CC3)n1)CC(=O)N2. The van der Waals surface area contributed by atoms with E-state index in [-0.39, 0.29) is 18.2 Å². The number of aromatic nitrogens is 2. The highest BCUT2D eigenvalue weighted by Gasteiger charge is 2.33. The van der Waals surface area contributed by atoms with E-state index in [4.69, 9.17) is 9.26 Å². The van der Waals surface area contributed by atoms with Crippen LogP contribution in [0.5, 0.6) is 5.75 Å². The van der Waals surface area contributed by atoms with E-state index in [0.29, 0.717) is 42.0 Å². The van der Waals surface area contributed by atoms with Gasteiger partial charge in [-0.15, -0.1) is 0 Å². The molecule has 1 fully saturated rings. The van der Waals surface area contributed by atoms with Crippen molar-refractivity contribution in [3.05, 3.63) is 35.5 Å². The normalized spacial score (nSPS) is 18.6. The zero-order chi connectivity index (χ0) is 19.0. The fourth-order valence-electron chi connectivity index (χ4n) is 3.30. The number of amides is 2. The van der Waals surface area contributed by atoms with Gasteiger partial charge in [0.25, 0.3) is 0 Å². The molecule has 8 heteroatoms. The average molecular weight is 370 g/mol. The molecule has 1 aliphatic carbocycles. The van der Waals surface area contributed by atoms with Gasteiger partial charge in [-0.1, -0.05) is 5.16 Å². The molecule has 1 atom stereocenters. The monoisotopic (exact) mass is 370 g/mol. The zero-order valence-corrected chi connectivity index (χ0v) is 15.4. The van der Waals surface area contributed by atoms with E-state index in [1.165, 1.54) is 0 Å². The van der Waals surface area contributed by atoms with Gasteiger partial charge in [-0.3, -0.25) is 9.59 Å². The molecule has 8 nitrogen and oxygen atoms in total. The summed E-state index contributed by atoms with van der Waals surface area (Å²) in [5.41, 5.74) is 1.44. The maximum absolute atomic E-state index is 13.0. The summed E-state index contributed by atoms with van der Waals surface area (Å²) in [7, 11) is 3.31. The number of rotatable bonds is 6. The van der Waals surface area contributed by atoms with Gasteiger partial charge in [-0.05, 0) is 36.6 Å². The average Bonchev–Trinajstić information content (AvgIpc) is 3.42. The second kappa shape index (κ2) is 7.02. The van der Waals surface area contributed by atoms with E-state index in [9.17, 15) is 9.59 Å². The van der Waals surface area contributed by atoms with Crippen LogP contribution in [0.2, 0.25) is 0 Å². The lowest BCUT2D eigenvalue weighted by molar-refractivity contribution is -0.133. The number of hydrogen-bond donors (Lipinski definition) is 1. The molecule has 1 saturated carbocycles. The summed E-state index contributed by atoms with van der Waals surface area (Å²) < 4.78 is 10.5. The molecule has 2 amide bonds. The molecular weight excluding hydrogens is 348 g/mol. The molecule has 0 spiro atoms. The molecule has 1 aliphatic heterocycles. The number of anilines is 1. The third kappa shape index (κ3) is 3.65. The summed E-state index contributed by atoms with van der Waals surface area (Å²) in [6, 6.07) is 5.35. The molecule has 142 valence electrons. The number of carbonyl (C=O) groups excluding carboxylic acids is 2. The van der Waals surface area contributed by atoms with Crippen molar-refractivity contribution in [2.45, 2.75) is 37.5 Å². The molecule has 0 radical (unpaired) electrons. The summed E-state index contributed by atoms with van der Waals surface area (Å²) in [6.07, 6.45) is 2.85. The Balaban J connectivity index is 1.45. The molecule has 0 saturated heterocycles. The van der Waals surface area contributed by atoms with E-state index < -0.39 is 5.92 Å². The van der Waals surface area contributed by atoms with Crippen molar-refractivity contribution >= 4 is 17.5 Å². The lowest BCUT2D eigenvalue weighted by Crippen LogP contribution is -2.37. The van der Waals surface area contributed by atoms with Gasteiger partial charge in [-0.2, -0.15) is 4.98 Å². The molecule has 27 heavy (non-hydrogen) atoms. The second-order valence-corrected chi connectivity index (χ2v) is 7.09. The lowest BCUT2D eigenvalue weighted by atomic mass is 9.89. The lowest BCUT2D eigenvalue weighted by Gasteiger charge is -2.28. The van der Waals surface area contributed by atoms with Crippen molar-refractivity contribution in [2.75, 3.05) is 26.0 Å². The Kier molecular flexibility index (Phi) is 4.55. The number of nitrogens with one attached hydrogen (secondary N) is 1. The van der Waals surface area contributed by atoms with E-state index in [2.05, 4.69) is 15.5 Å². The summed E-state index contributed by atoms with van der Waals surface area (Å²) in [5, 5.41) is 6.80. The van der Waals surface area contributed by atoms with Crippen molar-refractivity contribution in [2.24, 2.45) is 0 Å². The first-order valence-electron chi connectivity index (χ1n) is 9.10. The van der Waals surface area contributed by atoms with E-state index in [1.807, 2.05) is 6.07 Å². The van der Waals surface area contributed by atoms with Crippen LogP contribution in [0.3, 0.4) is 0 Å². The molecule has 0 unspecified atom stereocenters. The Labute approximate surface area is 156 Å². The van der Waals surface area contributed by atoms with Gasteiger partial charge >= 0.3 is 0 Å². The summed E-state index contributed by atoms with van der Waals surface area (Å²) in [4.78, 5) is 31.0. The molecule has 2 aliphatic rings. The van der Waals surface area contributed by atoms with Crippen molar-refractivity contribution in [1.29, 1.82) is 0 Å². The fourth-order valence-corrected chi connectivity index (χ4v) is 3.30. The van der Waals surface area contributed by atoms with Crippen LogP contribution in [-0.4, -0.2) is 47.6 Å². The van der Waals surface area contributed by atoms with Crippen LogP contribution in [-0.2, 0) is 16.0 Å². The molecule has 2 aromatic rings. The molecule has 1 aromatic heterocycles. The first-order chi connectivity index (χ1) is 13.0. The molecule has 2 heterocycles. The molecule has 0 bridgehead atoms. The molecule has 1 aromatic carbocycles. The van der Waals surface area contributed by atoms with E-state index in [1.54, 1.807) is 31.2 Å². The van der Waals surface area contributed by atoms with Crippen LogP contribution < -0.4 is 10.1 Å². The van der Waals surface area contributed by atoms with Gasteiger partial charge in [0.2, 0.25) is 17.7 Å². The Morgan fingerprint density at radius 1 is 1.41 bits per heavy atom. The number of nitrogens with zero attached hydrogens (tertiary/aromatic N) is 3. The van der Waals surface area contributed by atoms with Crippen LogP contribution in [0.25, 0.3) is 0 Å². The minimum Gasteiger partial charge on any atom is -0.497 e.